The summed E-state index contributed by atoms with van der Waals surface area (Å²) in [5, 5.41) is 3.35. The lowest BCUT2D eigenvalue weighted by Crippen LogP contribution is -2.45. The molecule has 0 bridgehead atoms. The van der Waals surface area contributed by atoms with Gasteiger partial charge < -0.3 is 10.1 Å². The van der Waals surface area contributed by atoms with Gasteiger partial charge in [0.1, 0.15) is 5.69 Å². The summed E-state index contributed by atoms with van der Waals surface area (Å²) >= 11 is 5.74. The van der Waals surface area contributed by atoms with Gasteiger partial charge in [0, 0.05) is 12.2 Å². The number of pyridine rings is 1. The molecule has 1 aromatic heterocycles. The topological polar surface area (TPSA) is 68.3 Å². The minimum atomic E-state index is -0.289. The van der Waals surface area contributed by atoms with E-state index in [2.05, 4.69) is 10.3 Å². The number of nitrogens with zero attached hydrogens (tertiary/aromatic N) is 1. The van der Waals surface area contributed by atoms with E-state index in [0.717, 1.165) is 25.7 Å². The molecule has 1 aliphatic rings. The Morgan fingerprint density at radius 3 is 2.75 bits per heavy atom. The molecule has 1 amide bonds. The zero-order chi connectivity index (χ0) is 14.5. The Balaban J connectivity index is 2.04. The first-order chi connectivity index (χ1) is 9.61. The SMILES string of the molecule is COC(=O)[C@H]1CCCC[C@H]1NC(=O)c1ccc(Cl)cn1. The van der Waals surface area contributed by atoms with Crippen molar-refractivity contribution in [1.82, 2.24) is 10.3 Å². The van der Waals surface area contributed by atoms with Crippen LogP contribution in [0.15, 0.2) is 18.3 Å². The summed E-state index contributed by atoms with van der Waals surface area (Å²) in [4.78, 5) is 27.8. The fourth-order valence-electron chi connectivity index (χ4n) is 2.49. The second kappa shape index (κ2) is 6.70. The van der Waals surface area contributed by atoms with E-state index in [-0.39, 0.29) is 23.8 Å². The molecule has 108 valence electrons. The number of methoxy groups -OCH3 is 1. The van der Waals surface area contributed by atoms with Crippen LogP contribution in [-0.4, -0.2) is 30.0 Å². The molecular weight excluding hydrogens is 280 g/mol. The lowest BCUT2D eigenvalue weighted by Gasteiger charge is -2.30. The van der Waals surface area contributed by atoms with Gasteiger partial charge in [-0.1, -0.05) is 24.4 Å². The zero-order valence-corrected chi connectivity index (χ0v) is 12.0. The molecule has 1 aliphatic carbocycles. The quantitative estimate of drug-likeness (QED) is 0.868. The van der Waals surface area contributed by atoms with Gasteiger partial charge in [-0.05, 0) is 25.0 Å². The van der Waals surface area contributed by atoms with Crippen LogP contribution in [0.5, 0.6) is 0 Å². The Labute approximate surface area is 122 Å². The Morgan fingerprint density at radius 2 is 2.10 bits per heavy atom. The van der Waals surface area contributed by atoms with E-state index in [1.807, 2.05) is 0 Å². The third-order valence-corrected chi connectivity index (χ3v) is 3.77. The number of carbonyl (C=O) groups excluding carboxylic acids is 2. The largest absolute Gasteiger partial charge is 0.469 e. The van der Waals surface area contributed by atoms with Gasteiger partial charge in [0.2, 0.25) is 0 Å². The number of hydrogen-bond donors (Lipinski definition) is 1. The minimum absolute atomic E-state index is 0.193. The van der Waals surface area contributed by atoms with Crippen LogP contribution in [0.1, 0.15) is 36.2 Å². The monoisotopic (exact) mass is 296 g/mol. The van der Waals surface area contributed by atoms with Gasteiger partial charge in [-0.15, -0.1) is 0 Å². The van der Waals surface area contributed by atoms with E-state index in [0.29, 0.717) is 10.7 Å². The van der Waals surface area contributed by atoms with Crippen LogP contribution in [0.4, 0.5) is 0 Å². The Hall–Kier alpha value is -1.62. The van der Waals surface area contributed by atoms with Crippen molar-refractivity contribution in [3.63, 3.8) is 0 Å². The maximum absolute atomic E-state index is 12.1. The lowest BCUT2D eigenvalue weighted by molar-refractivity contribution is -0.147. The number of ether oxygens (including phenoxy) is 1. The highest BCUT2D eigenvalue weighted by Crippen LogP contribution is 2.25. The molecular formula is C14H17ClN2O3. The Bertz CT molecular complexity index is 490. The molecule has 1 fully saturated rings. The average molecular weight is 297 g/mol. The van der Waals surface area contributed by atoms with Gasteiger partial charge in [-0.25, -0.2) is 4.98 Å². The first-order valence-electron chi connectivity index (χ1n) is 6.62. The number of hydrogen-bond acceptors (Lipinski definition) is 4. The van der Waals surface area contributed by atoms with E-state index in [9.17, 15) is 9.59 Å². The van der Waals surface area contributed by atoms with Crippen molar-refractivity contribution in [2.45, 2.75) is 31.7 Å². The van der Waals surface area contributed by atoms with Gasteiger partial charge in [-0.2, -0.15) is 0 Å². The second-order valence-electron chi connectivity index (χ2n) is 4.86. The number of rotatable bonds is 3. The number of halogens is 1. The summed E-state index contributed by atoms with van der Waals surface area (Å²) in [5.74, 6) is -0.827. The molecule has 20 heavy (non-hydrogen) atoms. The molecule has 6 heteroatoms. The standard InChI is InChI=1S/C14H17ClN2O3/c1-20-14(19)10-4-2-3-5-11(10)17-13(18)12-7-6-9(15)8-16-12/h6-8,10-11H,2-5H2,1H3,(H,17,18)/t10-,11+/m0/s1. The summed E-state index contributed by atoms with van der Waals surface area (Å²) in [5.41, 5.74) is 0.295. The second-order valence-corrected chi connectivity index (χ2v) is 5.29. The third-order valence-electron chi connectivity index (χ3n) is 3.55. The van der Waals surface area contributed by atoms with E-state index < -0.39 is 0 Å². The lowest BCUT2D eigenvalue weighted by atomic mass is 9.84. The van der Waals surface area contributed by atoms with Crippen molar-refractivity contribution in [2.75, 3.05) is 7.11 Å². The maximum atomic E-state index is 12.1. The van der Waals surface area contributed by atoms with Gasteiger partial charge >= 0.3 is 5.97 Å². The highest BCUT2D eigenvalue weighted by molar-refractivity contribution is 6.30. The van der Waals surface area contributed by atoms with Crippen LogP contribution < -0.4 is 5.32 Å². The molecule has 0 spiro atoms. The first-order valence-corrected chi connectivity index (χ1v) is 7.00. The fraction of sp³-hybridized carbons (Fsp3) is 0.500. The van der Waals surface area contributed by atoms with E-state index >= 15 is 0 Å². The van der Waals surface area contributed by atoms with Crippen LogP contribution in [0.3, 0.4) is 0 Å². The molecule has 1 saturated carbocycles. The fourth-order valence-corrected chi connectivity index (χ4v) is 2.60. The number of nitrogens with one attached hydrogen (secondary N) is 1. The molecule has 2 rings (SSSR count). The average Bonchev–Trinajstić information content (AvgIpc) is 2.47. The predicted molar refractivity (Wildman–Crippen MR) is 74.5 cm³/mol. The van der Waals surface area contributed by atoms with Crippen molar-refractivity contribution in [1.29, 1.82) is 0 Å². The molecule has 0 aliphatic heterocycles. The summed E-state index contributed by atoms with van der Waals surface area (Å²) < 4.78 is 4.80. The number of esters is 1. The molecule has 2 atom stereocenters. The van der Waals surface area contributed by atoms with Crippen molar-refractivity contribution >= 4 is 23.5 Å². The molecule has 5 nitrogen and oxygen atoms in total. The van der Waals surface area contributed by atoms with Crippen LogP contribution in [0.25, 0.3) is 0 Å². The Kier molecular flexibility index (Phi) is 4.95. The summed E-state index contributed by atoms with van der Waals surface area (Å²) in [6.45, 7) is 0. The highest BCUT2D eigenvalue weighted by Gasteiger charge is 2.33. The highest BCUT2D eigenvalue weighted by atomic mass is 35.5. The summed E-state index contributed by atoms with van der Waals surface area (Å²) in [6.07, 6.45) is 4.91. The summed E-state index contributed by atoms with van der Waals surface area (Å²) in [7, 11) is 1.37. The molecule has 1 heterocycles. The van der Waals surface area contributed by atoms with Crippen molar-refractivity contribution in [3.8, 4) is 0 Å². The molecule has 0 radical (unpaired) electrons. The van der Waals surface area contributed by atoms with Gasteiger partial charge in [0.05, 0.1) is 18.1 Å². The third kappa shape index (κ3) is 3.48. The first kappa shape index (κ1) is 14.8. The van der Waals surface area contributed by atoms with Crippen molar-refractivity contribution < 1.29 is 14.3 Å². The normalized spacial score (nSPS) is 22.1. The molecule has 0 aromatic carbocycles. The van der Waals surface area contributed by atoms with E-state index in [1.54, 1.807) is 12.1 Å². The van der Waals surface area contributed by atoms with Crippen LogP contribution in [0.2, 0.25) is 5.02 Å². The molecule has 0 saturated heterocycles. The van der Waals surface area contributed by atoms with E-state index in [4.69, 9.17) is 16.3 Å². The predicted octanol–water partition coefficient (Wildman–Crippen LogP) is 2.20. The Morgan fingerprint density at radius 1 is 1.35 bits per heavy atom. The van der Waals surface area contributed by atoms with Crippen LogP contribution in [-0.2, 0) is 9.53 Å². The minimum Gasteiger partial charge on any atom is -0.469 e. The molecule has 0 unspecified atom stereocenters. The van der Waals surface area contributed by atoms with Crippen LogP contribution >= 0.6 is 11.6 Å². The van der Waals surface area contributed by atoms with Crippen LogP contribution in [0, 0.1) is 5.92 Å². The molecule has 1 N–H and O–H groups in total. The van der Waals surface area contributed by atoms with Crippen molar-refractivity contribution in [3.05, 3.63) is 29.0 Å². The van der Waals surface area contributed by atoms with Gasteiger partial charge in [-0.3, -0.25) is 9.59 Å². The smallest absolute Gasteiger partial charge is 0.310 e. The number of aromatic nitrogens is 1. The van der Waals surface area contributed by atoms with Crippen molar-refractivity contribution in [2.24, 2.45) is 5.92 Å². The van der Waals surface area contributed by atoms with E-state index in [1.165, 1.54) is 13.3 Å². The number of carbonyl (C=O) groups is 2. The molecule has 1 aromatic rings. The number of amides is 1. The van der Waals surface area contributed by atoms with Gasteiger partial charge in [0.25, 0.3) is 5.91 Å². The zero-order valence-electron chi connectivity index (χ0n) is 11.3. The van der Waals surface area contributed by atoms with Gasteiger partial charge in [0.15, 0.2) is 0 Å². The maximum Gasteiger partial charge on any atom is 0.310 e. The summed E-state index contributed by atoms with van der Waals surface area (Å²) in [6, 6.07) is 2.98.